The summed E-state index contributed by atoms with van der Waals surface area (Å²) >= 11 is 0. The predicted molar refractivity (Wildman–Crippen MR) is 205 cm³/mol. The van der Waals surface area contributed by atoms with E-state index in [1.165, 1.54) is 23.3 Å². The average molecular weight is 690 g/mol. The SMILES string of the molecule is CC(c1ccccc1)c1ccc(N)cc1.Cc1nc2ccc(C(C)c3ccc(F)cc3)cc2c(=O)n1C(c1ccccc1)c1ccccc1.O=C=O. The number of fused-ring (bicyclic) bond motifs is 1. The van der Waals surface area contributed by atoms with Crippen LogP contribution in [0.2, 0.25) is 0 Å². The van der Waals surface area contributed by atoms with Crippen LogP contribution in [0.25, 0.3) is 10.9 Å². The Hall–Kier alpha value is -6.43. The van der Waals surface area contributed by atoms with E-state index in [2.05, 4.69) is 50.2 Å². The number of benzene rings is 6. The topological polar surface area (TPSA) is 95.0 Å². The minimum absolute atomic E-state index is 0.0122. The van der Waals surface area contributed by atoms with Crippen molar-refractivity contribution in [2.75, 3.05) is 5.73 Å². The lowest BCUT2D eigenvalue weighted by Crippen LogP contribution is -2.29. The Labute approximate surface area is 303 Å². The van der Waals surface area contributed by atoms with Crippen molar-refractivity contribution in [1.29, 1.82) is 0 Å². The van der Waals surface area contributed by atoms with Gasteiger partial charge in [0.2, 0.25) is 0 Å². The maximum atomic E-state index is 14.0. The fourth-order valence-electron chi connectivity index (χ4n) is 6.32. The highest BCUT2D eigenvalue weighted by Gasteiger charge is 2.22. The predicted octanol–water partition coefficient (Wildman–Crippen LogP) is 9.47. The van der Waals surface area contributed by atoms with Crippen LogP contribution in [0.4, 0.5) is 10.1 Å². The van der Waals surface area contributed by atoms with Crippen molar-refractivity contribution in [2.24, 2.45) is 0 Å². The Kier molecular flexibility index (Phi) is 12.4. The van der Waals surface area contributed by atoms with Gasteiger partial charge in [0.15, 0.2) is 0 Å². The first kappa shape index (κ1) is 36.8. The highest BCUT2D eigenvalue weighted by Crippen LogP contribution is 2.29. The Morgan fingerprint density at radius 2 is 1.00 bits per heavy atom. The summed E-state index contributed by atoms with van der Waals surface area (Å²) in [6, 6.07) is 50.7. The molecule has 6 nitrogen and oxygen atoms in total. The van der Waals surface area contributed by atoms with Crippen LogP contribution >= 0.6 is 0 Å². The molecule has 2 unspecified atom stereocenters. The van der Waals surface area contributed by atoms with Gasteiger partial charge >= 0.3 is 6.15 Å². The van der Waals surface area contributed by atoms with Gasteiger partial charge in [0, 0.05) is 17.5 Å². The number of hydrogen-bond acceptors (Lipinski definition) is 5. The van der Waals surface area contributed by atoms with Crippen molar-refractivity contribution < 1.29 is 14.0 Å². The minimum atomic E-state index is -0.287. The van der Waals surface area contributed by atoms with Crippen molar-refractivity contribution >= 4 is 22.7 Å². The van der Waals surface area contributed by atoms with Gasteiger partial charge in [-0.1, -0.05) is 135 Å². The average Bonchev–Trinajstić information content (AvgIpc) is 3.18. The van der Waals surface area contributed by atoms with E-state index < -0.39 is 0 Å². The lowest BCUT2D eigenvalue weighted by atomic mass is 9.92. The first-order chi connectivity index (χ1) is 25.2. The molecule has 6 aromatic carbocycles. The van der Waals surface area contributed by atoms with E-state index in [1.807, 2.05) is 104 Å². The second-order valence-corrected chi connectivity index (χ2v) is 12.5. The van der Waals surface area contributed by atoms with Gasteiger partial charge in [0.05, 0.1) is 16.9 Å². The monoisotopic (exact) mass is 689 g/mol. The molecule has 1 heterocycles. The van der Waals surface area contributed by atoms with E-state index in [9.17, 15) is 9.18 Å². The highest BCUT2D eigenvalue weighted by atomic mass is 19.1. The first-order valence-corrected chi connectivity index (χ1v) is 17.0. The van der Waals surface area contributed by atoms with Gasteiger partial charge in [-0.25, -0.2) is 9.37 Å². The molecule has 0 aliphatic heterocycles. The Morgan fingerprint density at radius 3 is 1.50 bits per heavy atom. The van der Waals surface area contributed by atoms with Crippen LogP contribution in [0.1, 0.15) is 70.9 Å². The number of nitrogens with two attached hydrogens (primary N) is 1. The molecular weight excluding hydrogens is 650 g/mol. The number of nitrogen functional groups attached to an aromatic ring is 1. The standard InChI is InChI=1S/C30H25FN2O.C14H15N.CO2/c1-20(22-13-16-26(31)17-14-22)25-15-18-28-27(19-25)30(34)33(21(2)32-28)29(23-9-5-3-6-10-23)24-11-7-4-8-12-24;1-11(12-5-3-2-4-6-12)13-7-9-14(15)10-8-13;2-1-3/h3-20,29H,1-2H3;2-11H,15H2,1H3;. The fraction of sp³-hybridized carbons (Fsp3) is 0.133. The third-order valence-corrected chi connectivity index (χ3v) is 9.20. The summed E-state index contributed by atoms with van der Waals surface area (Å²) in [6.45, 7) is 6.15. The third kappa shape index (κ3) is 8.83. The van der Waals surface area contributed by atoms with Crippen molar-refractivity contribution in [3.63, 3.8) is 0 Å². The van der Waals surface area contributed by atoms with E-state index in [1.54, 1.807) is 16.7 Å². The fourth-order valence-corrected chi connectivity index (χ4v) is 6.32. The lowest BCUT2D eigenvalue weighted by Gasteiger charge is -2.23. The number of aromatic nitrogens is 2. The number of aryl methyl sites for hydroxylation is 1. The van der Waals surface area contributed by atoms with Crippen LogP contribution < -0.4 is 11.3 Å². The van der Waals surface area contributed by atoms with Crippen LogP contribution in [-0.4, -0.2) is 15.7 Å². The van der Waals surface area contributed by atoms with Crippen molar-refractivity contribution in [3.8, 4) is 0 Å². The summed E-state index contributed by atoms with van der Waals surface area (Å²) in [4.78, 5) is 35.0. The largest absolute Gasteiger partial charge is 0.399 e. The maximum absolute atomic E-state index is 14.0. The van der Waals surface area contributed by atoms with Gasteiger partial charge < -0.3 is 5.73 Å². The molecule has 0 aliphatic rings. The summed E-state index contributed by atoms with van der Waals surface area (Å²) in [5.41, 5.74) is 13.8. The van der Waals surface area contributed by atoms with Crippen molar-refractivity contribution in [2.45, 2.75) is 38.6 Å². The van der Waals surface area contributed by atoms with Gasteiger partial charge in [-0.15, -0.1) is 0 Å². The molecule has 0 aliphatic carbocycles. The number of halogens is 1. The van der Waals surface area contributed by atoms with Crippen molar-refractivity contribution in [3.05, 3.63) is 213 Å². The van der Waals surface area contributed by atoms with Crippen LogP contribution in [0.15, 0.2) is 163 Å². The van der Waals surface area contributed by atoms with E-state index in [4.69, 9.17) is 20.3 Å². The zero-order valence-corrected chi connectivity index (χ0v) is 29.3. The Bertz CT molecular complexity index is 2250. The zero-order valence-electron chi connectivity index (χ0n) is 29.3. The quantitative estimate of drug-likeness (QED) is 0.168. The first-order valence-electron chi connectivity index (χ1n) is 17.0. The molecule has 0 amide bonds. The van der Waals surface area contributed by atoms with Crippen LogP contribution in [0.5, 0.6) is 0 Å². The Morgan fingerprint density at radius 1 is 0.596 bits per heavy atom. The summed E-state index contributed by atoms with van der Waals surface area (Å²) in [5, 5.41) is 0.578. The van der Waals surface area contributed by atoms with Crippen LogP contribution in [-0.2, 0) is 9.59 Å². The number of carbonyl (C=O) groups excluding carboxylic acids is 2. The molecule has 2 atom stereocenters. The molecule has 7 aromatic rings. The minimum Gasteiger partial charge on any atom is -0.399 e. The second-order valence-electron chi connectivity index (χ2n) is 12.5. The van der Waals surface area contributed by atoms with Crippen LogP contribution in [0, 0.1) is 12.7 Å². The number of hydrogen-bond donors (Lipinski definition) is 1. The molecule has 7 rings (SSSR count). The molecule has 0 saturated heterocycles. The van der Waals surface area contributed by atoms with Gasteiger partial charge in [0.25, 0.3) is 5.56 Å². The second kappa shape index (κ2) is 17.5. The third-order valence-electron chi connectivity index (χ3n) is 9.20. The number of nitrogens with zero attached hydrogens (tertiary/aromatic N) is 2. The molecular formula is C45H40FN3O3. The van der Waals surface area contributed by atoms with E-state index in [0.29, 0.717) is 22.6 Å². The molecule has 1 aromatic heterocycles. The normalized spacial score (nSPS) is 11.7. The molecule has 2 N–H and O–H groups in total. The maximum Gasteiger partial charge on any atom is 0.373 e. The van der Waals surface area contributed by atoms with Gasteiger partial charge in [-0.3, -0.25) is 9.36 Å². The van der Waals surface area contributed by atoms with E-state index in [0.717, 1.165) is 27.9 Å². The molecule has 0 radical (unpaired) electrons. The molecule has 260 valence electrons. The van der Waals surface area contributed by atoms with Crippen LogP contribution in [0.3, 0.4) is 0 Å². The number of anilines is 1. The Balaban J connectivity index is 0.000000241. The summed E-state index contributed by atoms with van der Waals surface area (Å²) in [5.74, 6) is 0.837. The molecule has 0 bridgehead atoms. The molecule has 0 fully saturated rings. The number of rotatable bonds is 7. The molecule has 7 heteroatoms. The van der Waals surface area contributed by atoms with E-state index in [-0.39, 0.29) is 29.5 Å². The highest BCUT2D eigenvalue weighted by molar-refractivity contribution is 5.79. The van der Waals surface area contributed by atoms with Gasteiger partial charge in [0.1, 0.15) is 11.6 Å². The molecule has 0 spiro atoms. The summed E-state index contributed by atoms with van der Waals surface area (Å²) < 4.78 is 15.2. The zero-order chi connectivity index (χ0) is 37.0. The van der Waals surface area contributed by atoms with E-state index >= 15 is 0 Å². The lowest BCUT2D eigenvalue weighted by molar-refractivity contribution is -0.191. The van der Waals surface area contributed by atoms with Crippen molar-refractivity contribution in [1.82, 2.24) is 9.55 Å². The van der Waals surface area contributed by atoms with Gasteiger partial charge in [-0.05, 0) is 76.7 Å². The van der Waals surface area contributed by atoms with Gasteiger partial charge in [-0.2, -0.15) is 9.59 Å². The molecule has 0 saturated carbocycles. The summed E-state index contributed by atoms with van der Waals surface area (Å²) in [7, 11) is 0. The molecule has 52 heavy (non-hydrogen) atoms. The smallest absolute Gasteiger partial charge is 0.373 e. The summed E-state index contributed by atoms with van der Waals surface area (Å²) in [6.07, 6.45) is 0.250.